The van der Waals surface area contributed by atoms with Crippen molar-refractivity contribution < 1.29 is 17.6 Å². The number of H-pyrrole nitrogens is 1. The molecule has 2 rings (SSSR count). The van der Waals surface area contributed by atoms with E-state index < -0.39 is 21.7 Å². The van der Waals surface area contributed by atoms with E-state index in [4.69, 9.17) is 0 Å². The molecule has 0 unspecified atom stereocenters. The Morgan fingerprint density at radius 1 is 1.30 bits per heavy atom. The highest BCUT2D eigenvalue weighted by Crippen LogP contribution is 2.17. The van der Waals surface area contributed by atoms with E-state index in [2.05, 4.69) is 20.2 Å². The van der Waals surface area contributed by atoms with Gasteiger partial charge in [-0.2, -0.15) is 13.5 Å². The van der Waals surface area contributed by atoms with Crippen LogP contribution in [-0.2, 0) is 10.0 Å². The van der Waals surface area contributed by atoms with E-state index >= 15 is 0 Å². The van der Waals surface area contributed by atoms with Gasteiger partial charge in [0.15, 0.2) is 5.03 Å². The van der Waals surface area contributed by atoms with Gasteiger partial charge in [-0.05, 0) is 24.3 Å². The Hall–Kier alpha value is -2.42. The summed E-state index contributed by atoms with van der Waals surface area (Å²) >= 11 is 0. The number of rotatable bonds is 4. The van der Waals surface area contributed by atoms with Crippen molar-refractivity contribution in [2.45, 2.75) is 5.03 Å². The molecular formula is C11H11FN4O3S. The lowest BCUT2D eigenvalue weighted by Gasteiger charge is -2.07. The van der Waals surface area contributed by atoms with E-state index in [9.17, 15) is 17.6 Å². The minimum atomic E-state index is -4.02. The number of benzene rings is 1. The molecule has 1 aromatic heterocycles. The zero-order valence-electron chi connectivity index (χ0n) is 10.3. The average Bonchev–Trinajstić information content (AvgIpc) is 2.90. The highest BCUT2D eigenvalue weighted by atomic mass is 32.2. The van der Waals surface area contributed by atoms with Gasteiger partial charge in [-0.1, -0.05) is 0 Å². The molecule has 1 heterocycles. The molecule has 2 aromatic rings. The van der Waals surface area contributed by atoms with Crippen LogP contribution in [0.1, 0.15) is 10.4 Å². The highest BCUT2D eigenvalue weighted by molar-refractivity contribution is 7.92. The van der Waals surface area contributed by atoms with Gasteiger partial charge in [-0.3, -0.25) is 14.6 Å². The number of nitrogens with one attached hydrogen (secondary N) is 3. The minimum absolute atomic E-state index is 0.109. The molecule has 0 radical (unpaired) electrons. The van der Waals surface area contributed by atoms with Gasteiger partial charge in [0, 0.05) is 12.7 Å². The van der Waals surface area contributed by atoms with Crippen LogP contribution in [0, 0.1) is 5.82 Å². The largest absolute Gasteiger partial charge is 0.355 e. The molecule has 0 aliphatic rings. The minimum Gasteiger partial charge on any atom is -0.355 e. The van der Waals surface area contributed by atoms with Crippen LogP contribution in [-0.4, -0.2) is 31.6 Å². The molecule has 20 heavy (non-hydrogen) atoms. The van der Waals surface area contributed by atoms with Crippen LogP contribution in [0.15, 0.2) is 35.5 Å². The van der Waals surface area contributed by atoms with Gasteiger partial charge in [-0.25, -0.2) is 4.39 Å². The molecule has 1 amide bonds. The van der Waals surface area contributed by atoms with E-state index in [1.165, 1.54) is 19.2 Å². The van der Waals surface area contributed by atoms with Crippen molar-refractivity contribution >= 4 is 21.6 Å². The first-order valence-corrected chi connectivity index (χ1v) is 6.96. The topological polar surface area (TPSA) is 104 Å². The summed E-state index contributed by atoms with van der Waals surface area (Å²) in [5.74, 6) is -1.07. The number of carbonyl (C=O) groups excluding carboxylic acids is 1. The SMILES string of the molecule is CNC(=O)c1cn[nH]c1S(=O)(=O)Nc1ccc(F)cc1. The van der Waals surface area contributed by atoms with E-state index in [0.29, 0.717) is 0 Å². The van der Waals surface area contributed by atoms with Crippen molar-refractivity contribution in [1.29, 1.82) is 0 Å². The number of nitrogens with zero attached hydrogens (tertiary/aromatic N) is 1. The van der Waals surface area contributed by atoms with Crippen LogP contribution < -0.4 is 10.0 Å². The summed E-state index contributed by atoms with van der Waals surface area (Å²) in [6.45, 7) is 0. The molecule has 0 aliphatic carbocycles. The van der Waals surface area contributed by atoms with Gasteiger partial charge in [0.25, 0.3) is 15.9 Å². The van der Waals surface area contributed by atoms with E-state index in [-0.39, 0.29) is 16.3 Å². The standard InChI is InChI=1S/C11H11FN4O3S/c1-13-10(17)9-6-14-15-11(9)20(18,19)16-8-4-2-7(12)3-5-8/h2-6,16H,1H3,(H,13,17)(H,14,15). The summed E-state index contributed by atoms with van der Waals surface area (Å²) in [4.78, 5) is 11.5. The number of carbonyl (C=O) groups is 1. The van der Waals surface area contributed by atoms with Gasteiger partial charge in [0.1, 0.15) is 5.82 Å². The third kappa shape index (κ3) is 2.77. The zero-order valence-corrected chi connectivity index (χ0v) is 11.2. The Bertz CT molecular complexity index is 724. The zero-order chi connectivity index (χ0) is 14.8. The van der Waals surface area contributed by atoms with Crippen LogP contribution >= 0.6 is 0 Å². The highest BCUT2D eigenvalue weighted by Gasteiger charge is 2.24. The second kappa shape index (κ2) is 5.29. The second-order valence-corrected chi connectivity index (χ2v) is 5.42. The first-order chi connectivity index (χ1) is 9.44. The lowest BCUT2D eigenvalue weighted by Crippen LogP contribution is -2.22. The summed E-state index contributed by atoms with van der Waals surface area (Å²) in [6, 6.07) is 4.76. The molecule has 0 saturated heterocycles. The molecule has 0 fully saturated rings. The first-order valence-electron chi connectivity index (χ1n) is 5.48. The van der Waals surface area contributed by atoms with E-state index in [1.807, 2.05) is 0 Å². The number of sulfonamides is 1. The molecule has 9 heteroatoms. The smallest absolute Gasteiger partial charge is 0.279 e. The van der Waals surface area contributed by atoms with Gasteiger partial charge >= 0.3 is 0 Å². The summed E-state index contributed by atoms with van der Waals surface area (Å²) < 4.78 is 39.2. The summed E-state index contributed by atoms with van der Waals surface area (Å²) in [5, 5.41) is 7.76. The summed E-state index contributed by atoms with van der Waals surface area (Å²) in [6.07, 6.45) is 1.11. The fourth-order valence-electron chi connectivity index (χ4n) is 1.50. The van der Waals surface area contributed by atoms with Crippen molar-refractivity contribution in [3.63, 3.8) is 0 Å². The molecule has 106 valence electrons. The molecular weight excluding hydrogens is 287 g/mol. The maximum Gasteiger partial charge on any atom is 0.279 e. The number of halogens is 1. The molecule has 0 bridgehead atoms. The van der Waals surface area contributed by atoms with Crippen LogP contribution in [0.4, 0.5) is 10.1 Å². The molecule has 3 N–H and O–H groups in total. The first kappa shape index (κ1) is 14.0. The maximum atomic E-state index is 12.8. The van der Waals surface area contributed by atoms with Crippen molar-refractivity contribution in [2.75, 3.05) is 11.8 Å². The van der Waals surface area contributed by atoms with Gasteiger partial charge < -0.3 is 5.32 Å². The fourth-order valence-corrected chi connectivity index (χ4v) is 2.66. The van der Waals surface area contributed by atoms with Crippen molar-refractivity contribution in [2.24, 2.45) is 0 Å². The molecule has 0 saturated carbocycles. The third-order valence-corrected chi connectivity index (χ3v) is 3.79. The van der Waals surface area contributed by atoms with Gasteiger partial charge in [-0.15, -0.1) is 0 Å². The van der Waals surface area contributed by atoms with Crippen molar-refractivity contribution in [3.8, 4) is 0 Å². The lowest BCUT2D eigenvalue weighted by atomic mass is 10.3. The third-order valence-electron chi connectivity index (χ3n) is 2.44. The van der Waals surface area contributed by atoms with Crippen LogP contribution in [0.2, 0.25) is 0 Å². The molecule has 0 spiro atoms. The summed E-state index contributed by atoms with van der Waals surface area (Å²) in [5.41, 5.74) is 0.0611. The van der Waals surface area contributed by atoms with E-state index in [0.717, 1.165) is 18.3 Å². The van der Waals surface area contributed by atoms with Crippen LogP contribution in [0.25, 0.3) is 0 Å². The molecule has 1 aromatic carbocycles. The lowest BCUT2D eigenvalue weighted by molar-refractivity contribution is 0.0960. The number of hydrogen-bond donors (Lipinski definition) is 3. The van der Waals surface area contributed by atoms with Gasteiger partial charge in [0.05, 0.1) is 11.8 Å². The van der Waals surface area contributed by atoms with Crippen LogP contribution in [0.3, 0.4) is 0 Å². The number of aromatic nitrogens is 2. The number of anilines is 1. The predicted octanol–water partition coefficient (Wildman–Crippen LogP) is 0.709. The maximum absolute atomic E-state index is 12.8. The Labute approximate surface area is 114 Å². The Morgan fingerprint density at radius 3 is 2.55 bits per heavy atom. The van der Waals surface area contributed by atoms with Crippen LogP contribution in [0.5, 0.6) is 0 Å². The monoisotopic (exact) mass is 298 g/mol. The van der Waals surface area contributed by atoms with Crippen molar-refractivity contribution in [3.05, 3.63) is 41.8 Å². The van der Waals surface area contributed by atoms with E-state index in [1.54, 1.807) is 0 Å². The molecule has 0 aliphatic heterocycles. The van der Waals surface area contributed by atoms with Gasteiger partial charge in [0.2, 0.25) is 0 Å². The fraction of sp³-hybridized carbons (Fsp3) is 0.0909. The Balaban J connectivity index is 2.34. The van der Waals surface area contributed by atoms with Crippen molar-refractivity contribution in [1.82, 2.24) is 15.5 Å². The number of amides is 1. The quantitative estimate of drug-likeness (QED) is 0.773. The summed E-state index contributed by atoms with van der Waals surface area (Å²) in [7, 11) is -2.65. The number of aromatic amines is 1. The normalized spacial score (nSPS) is 11.1. The molecule has 0 atom stereocenters. The Kier molecular flexibility index (Phi) is 3.70. The Morgan fingerprint density at radius 2 is 1.95 bits per heavy atom. The number of hydrogen-bond acceptors (Lipinski definition) is 4. The second-order valence-electron chi connectivity index (χ2n) is 3.80. The predicted molar refractivity (Wildman–Crippen MR) is 69.2 cm³/mol. The molecule has 7 nitrogen and oxygen atoms in total. The average molecular weight is 298 g/mol.